The molecule has 0 radical (unpaired) electrons. The number of aromatic nitrogens is 4. The van der Waals surface area contributed by atoms with Gasteiger partial charge in [0.05, 0.1) is 19.3 Å². The second-order valence-electron chi connectivity index (χ2n) is 7.25. The molecule has 1 aliphatic heterocycles. The van der Waals surface area contributed by atoms with E-state index in [1.54, 1.807) is 43.9 Å². The van der Waals surface area contributed by atoms with Crippen LogP contribution < -0.4 is 20.5 Å². The number of pyridine rings is 2. The molecule has 0 bridgehead atoms. The predicted molar refractivity (Wildman–Crippen MR) is 114 cm³/mol. The Bertz CT molecular complexity index is 1060. The number of hydrogen-bond acceptors (Lipinski definition) is 8. The number of aromatic amines is 1. The van der Waals surface area contributed by atoms with Crippen molar-refractivity contribution < 1.29 is 9.47 Å². The van der Waals surface area contributed by atoms with Crippen LogP contribution in [-0.2, 0) is 4.74 Å². The van der Waals surface area contributed by atoms with E-state index in [0.29, 0.717) is 36.4 Å². The molecule has 2 atom stereocenters. The number of hydrogen-bond donors (Lipinski definition) is 2. The van der Waals surface area contributed by atoms with Crippen molar-refractivity contribution in [3.05, 3.63) is 53.2 Å². The van der Waals surface area contributed by atoms with Crippen molar-refractivity contribution >= 4 is 17.5 Å². The van der Waals surface area contributed by atoms with Crippen LogP contribution in [0, 0.1) is 0 Å². The number of ether oxygens (including phenoxy) is 2. The summed E-state index contributed by atoms with van der Waals surface area (Å²) in [5.74, 6) is 1.68. The molecular formula is C21H24N6O3. The Morgan fingerprint density at radius 2 is 1.97 bits per heavy atom. The minimum atomic E-state index is -0.242. The van der Waals surface area contributed by atoms with Crippen molar-refractivity contribution in [2.24, 2.45) is 0 Å². The van der Waals surface area contributed by atoms with Gasteiger partial charge in [0.1, 0.15) is 11.5 Å². The Balaban J connectivity index is 1.57. The minimum absolute atomic E-state index is 0.103. The van der Waals surface area contributed by atoms with E-state index in [1.807, 2.05) is 19.9 Å². The summed E-state index contributed by atoms with van der Waals surface area (Å²) in [5.41, 5.74) is 1.82. The zero-order chi connectivity index (χ0) is 21.1. The highest BCUT2D eigenvalue weighted by Gasteiger charge is 2.24. The highest BCUT2D eigenvalue weighted by atomic mass is 16.5. The first-order valence-corrected chi connectivity index (χ1v) is 9.75. The van der Waals surface area contributed by atoms with Crippen LogP contribution in [0.2, 0.25) is 0 Å². The highest BCUT2D eigenvalue weighted by Crippen LogP contribution is 2.23. The molecule has 2 N–H and O–H groups in total. The summed E-state index contributed by atoms with van der Waals surface area (Å²) in [6, 6.07) is 7.15. The smallest absolute Gasteiger partial charge is 0.271 e. The summed E-state index contributed by atoms with van der Waals surface area (Å²) < 4.78 is 10.9. The zero-order valence-electron chi connectivity index (χ0n) is 17.1. The highest BCUT2D eigenvalue weighted by molar-refractivity contribution is 5.68. The normalized spacial score (nSPS) is 18.8. The van der Waals surface area contributed by atoms with Gasteiger partial charge in [-0.1, -0.05) is 0 Å². The summed E-state index contributed by atoms with van der Waals surface area (Å²) in [5, 5.41) is 3.11. The molecule has 0 amide bonds. The van der Waals surface area contributed by atoms with E-state index in [2.05, 4.69) is 30.2 Å². The number of rotatable bonds is 5. The number of nitrogens with zero attached hydrogens (tertiary/aromatic N) is 4. The summed E-state index contributed by atoms with van der Waals surface area (Å²) in [6.45, 7) is 5.50. The van der Waals surface area contributed by atoms with Gasteiger partial charge in [-0.05, 0) is 32.0 Å². The van der Waals surface area contributed by atoms with Gasteiger partial charge in [-0.25, -0.2) is 9.97 Å². The van der Waals surface area contributed by atoms with Gasteiger partial charge in [-0.15, -0.1) is 0 Å². The molecular weight excluding hydrogens is 384 g/mol. The lowest BCUT2D eigenvalue weighted by molar-refractivity contribution is -0.00571. The topological polar surface area (TPSA) is 105 Å². The molecule has 4 rings (SSSR count). The molecule has 3 aromatic heterocycles. The van der Waals surface area contributed by atoms with Gasteiger partial charge < -0.3 is 24.7 Å². The second kappa shape index (κ2) is 8.50. The number of morpholine rings is 1. The number of nitrogens with one attached hydrogen (secondary N) is 2. The van der Waals surface area contributed by atoms with Crippen molar-refractivity contribution in [1.82, 2.24) is 19.9 Å². The van der Waals surface area contributed by atoms with E-state index in [9.17, 15) is 4.79 Å². The molecule has 156 valence electrons. The van der Waals surface area contributed by atoms with E-state index in [1.165, 1.54) is 0 Å². The maximum Gasteiger partial charge on any atom is 0.271 e. The molecule has 1 fully saturated rings. The Hall–Kier alpha value is -3.46. The number of methoxy groups -OCH3 is 1. The average Bonchev–Trinajstić information content (AvgIpc) is 2.75. The molecule has 3 aromatic rings. The van der Waals surface area contributed by atoms with E-state index >= 15 is 0 Å². The van der Waals surface area contributed by atoms with Gasteiger partial charge in [-0.3, -0.25) is 4.79 Å². The van der Waals surface area contributed by atoms with Crippen LogP contribution in [0.25, 0.3) is 11.1 Å². The third-order valence-corrected chi connectivity index (χ3v) is 4.79. The van der Waals surface area contributed by atoms with Gasteiger partial charge in [0.15, 0.2) is 0 Å². The molecule has 0 aliphatic carbocycles. The molecule has 0 spiro atoms. The van der Waals surface area contributed by atoms with Gasteiger partial charge in [0.25, 0.3) is 5.56 Å². The van der Waals surface area contributed by atoms with E-state index in [4.69, 9.17) is 9.47 Å². The third-order valence-electron chi connectivity index (χ3n) is 4.79. The summed E-state index contributed by atoms with van der Waals surface area (Å²) >= 11 is 0. The van der Waals surface area contributed by atoms with Crippen LogP contribution in [0.5, 0.6) is 5.88 Å². The predicted octanol–water partition coefficient (Wildman–Crippen LogP) is 2.59. The van der Waals surface area contributed by atoms with Crippen molar-refractivity contribution in [1.29, 1.82) is 0 Å². The first kappa shape index (κ1) is 19.8. The van der Waals surface area contributed by atoms with E-state index < -0.39 is 0 Å². The zero-order valence-corrected chi connectivity index (χ0v) is 17.1. The van der Waals surface area contributed by atoms with Gasteiger partial charge in [-0.2, -0.15) is 4.98 Å². The van der Waals surface area contributed by atoms with Crippen LogP contribution in [0.4, 0.5) is 17.5 Å². The summed E-state index contributed by atoms with van der Waals surface area (Å²) in [6.07, 6.45) is 5.23. The fourth-order valence-corrected chi connectivity index (χ4v) is 3.46. The largest absolute Gasteiger partial charge is 0.481 e. The first-order valence-electron chi connectivity index (χ1n) is 9.75. The number of H-pyrrole nitrogens is 1. The van der Waals surface area contributed by atoms with E-state index in [0.717, 1.165) is 11.1 Å². The standard InChI is InChI=1S/C21H24N6O3/c1-13-11-27(12-14(2)30-13)21-22-7-6-18(26-21)25-17-8-16(10-24-20(17)28)15-4-5-19(29-3)23-9-15/h4-10,13-14H,11-12H2,1-3H3,(H,24,28)(H,22,25,26)/t13-,14+. The monoisotopic (exact) mass is 408 g/mol. The fourth-order valence-electron chi connectivity index (χ4n) is 3.46. The van der Waals surface area contributed by atoms with Crippen molar-refractivity contribution in [2.75, 3.05) is 30.4 Å². The molecule has 9 nitrogen and oxygen atoms in total. The average molecular weight is 408 g/mol. The summed E-state index contributed by atoms with van der Waals surface area (Å²) in [4.78, 5) is 30.4. The van der Waals surface area contributed by atoms with Crippen LogP contribution in [-0.4, -0.2) is 52.3 Å². The van der Waals surface area contributed by atoms with Crippen molar-refractivity contribution in [2.45, 2.75) is 26.1 Å². The van der Waals surface area contributed by atoms with Crippen LogP contribution >= 0.6 is 0 Å². The van der Waals surface area contributed by atoms with Gasteiger partial charge >= 0.3 is 0 Å². The van der Waals surface area contributed by atoms with Crippen molar-refractivity contribution in [3.8, 4) is 17.0 Å². The molecule has 1 saturated heterocycles. The first-order chi connectivity index (χ1) is 14.5. The Morgan fingerprint density at radius 1 is 1.17 bits per heavy atom. The van der Waals surface area contributed by atoms with Gasteiger partial charge in [0.2, 0.25) is 11.8 Å². The lowest BCUT2D eigenvalue weighted by atomic mass is 10.1. The molecule has 1 aliphatic rings. The Kier molecular flexibility index (Phi) is 5.62. The molecule has 0 aromatic carbocycles. The maximum atomic E-state index is 12.4. The molecule has 4 heterocycles. The fraction of sp³-hybridized carbons (Fsp3) is 0.333. The van der Waals surface area contributed by atoms with Crippen molar-refractivity contribution in [3.63, 3.8) is 0 Å². The molecule has 0 saturated carbocycles. The van der Waals surface area contributed by atoms with E-state index in [-0.39, 0.29) is 17.8 Å². The quantitative estimate of drug-likeness (QED) is 0.664. The second-order valence-corrected chi connectivity index (χ2v) is 7.25. The van der Waals surface area contributed by atoms with Crippen LogP contribution in [0.1, 0.15) is 13.8 Å². The maximum absolute atomic E-state index is 12.4. The van der Waals surface area contributed by atoms with Crippen LogP contribution in [0.15, 0.2) is 47.7 Å². The summed E-state index contributed by atoms with van der Waals surface area (Å²) in [7, 11) is 1.57. The van der Waals surface area contributed by atoms with Crippen LogP contribution in [0.3, 0.4) is 0 Å². The lowest BCUT2D eigenvalue weighted by Gasteiger charge is -2.35. The SMILES string of the molecule is COc1ccc(-c2c[nH]c(=O)c(Nc3ccnc(N4C[C@@H](C)O[C@@H](C)C4)n3)c2)cn1. The third kappa shape index (κ3) is 4.41. The lowest BCUT2D eigenvalue weighted by Crippen LogP contribution is -2.46. The molecule has 9 heteroatoms. The minimum Gasteiger partial charge on any atom is -0.481 e. The molecule has 0 unspecified atom stereocenters. The Morgan fingerprint density at radius 3 is 2.67 bits per heavy atom. The molecule has 30 heavy (non-hydrogen) atoms. The van der Waals surface area contributed by atoms with Gasteiger partial charge in [0, 0.05) is 48.9 Å². The number of anilines is 3. The Labute approximate surface area is 174 Å².